The third kappa shape index (κ3) is 4.07. The van der Waals surface area contributed by atoms with Crippen molar-refractivity contribution in [2.75, 3.05) is 5.73 Å². The summed E-state index contributed by atoms with van der Waals surface area (Å²) >= 11 is 0. The highest BCUT2D eigenvalue weighted by Crippen LogP contribution is 2.17. The third-order valence-corrected chi connectivity index (χ3v) is 2.66. The fraction of sp³-hybridized carbons (Fsp3) is 0.462. The Bertz CT molecular complexity index is 379. The van der Waals surface area contributed by atoms with Gasteiger partial charge in [0.2, 0.25) is 5.91 Å². The normalized spacial score (nSPS) is 13.2. The van der Waals surface area contributed by atoms with E-state index in [9.17, 15) is 4.79 Å². The predicted molar refractivity (Wildman–Crippen MR) is 70.1 cm³/mol. The second-order valence-corrected chi connectivity index (χ2v) is 5.30. The van der Waals surface area contributed by atoms with Crippen LogP contribution in [0, 0.1) is 5.41 Å². The van der Waals surface area contributed by atoms with Gasteiger partial charge in [-0.1, -0.05) is 32.9 Å². The van der Waals surface area contributed by atoms with E-state index in [-0.39, 0.29) is 11.3 Å². The Morgan fingerprint density at radius 3 is 2.29 bits per heavy atom. The van der Waals surface area contributed by atoms with Crippen molar-refractivity contribution in [3.8, 4) is 0 Å². The van der Waals surface area contributed by atoms with Crippen LogP contribution >= 0.6 is 0 Å². The van der Waals surface area contributed by atoms with Crippen molar-refractivity contribution < 1.29 is 4.79 Å². The summed E-state index contributed by atoms with van der Waals surface area (Å²) in [6.45, 7) is 6.31. The second kappa shape index (κ2) is 5.19. The average molecular weight is 235 g/mol. The SMILES string of the molecule is CC(C)(C)[C@H](N)C(=O)NCc1ccc(N)cc1. The molecule has 0 heterocycles. The van der Waals surface area contributed by atoms with Gasteiger partial charge < -0.3 is 16.8 Å². The molecule has 1 atom stereocenters. The van der Waals surface area contributed by atoms with Crippen molar-refractivity contribution in [3.63, 3.8) is 0 Å². The molecule has 94 valence electrons. The standard InChI is InChI=1S/C13H21N3O/c1-13(2,3)11(15)12(17)16-8-9-4-6-10(14)7-5-9/h4-7,11H,8,14-15H2,1-3H3,(H,16,17)/t11-/m1/s1. The Labute approximate surface area is 102 Å². The molecule has 0 unspecified atom stereocenters. The smallest absolute Gasteiger partial charge is 0.237 e. The number of hydrogen-bond donors (Lipinski definition) is 3. The van der Waals surface area contributed by atoms with E-state index in [0.717, 1.165) is 5.56 Å². The molecule has 0 fully saturated rings. The third-order valence-electron chi connectivity index (χ3n) is 2.66. The molecular weight excluding hydrogens is 214 g/mol. The fourth-order valence-corrected chi connectivity index (χ4v) is 1.33. The van der Waals surface area contributed by atoms with Gasteiger partial charge in [0.15, 0.2) is 0 Å². The molecule has 0 spiro atoms. The molecule has 1 amide bonds. The van der Waals surface area contributed by atoms with Crippen LogP contribution in [0.4, 0.5) is 5.69 Å². The van der Waals surface area contributed by atoms with Crippen LogP contribution in [-0.4, -0.2) is 11.9 Å². The van der Waals surface area contributed by atoms with Gasteiger partial charge in [-0.3, -0.25) is 4.79 Å². The van der Waals surface area contributed by atoms with Crippen molar-refractivity contribution in [1.82, 2.24) is 5.32 Å². The summed E-state index contributed by atoms with van der Waals surface area (Å²) in [6.07, 6.45) is 0. The van der Waals surface area contributed by atoms with Gasteiger partial charge >= 0.3 is 0 Å². The summed E-state index contributed by atoms with van der Waals surface area (Å²) in [4.78, 5) is 11.8. The quantitative estimate of drug-likeness (QED) is 0.690. The molecule has 17 heavy (non-hydrogen) atoms. The van der Waals surface area contributed by atoms with Crippen molar-refractivity contribution in [1.29, 1.82) is 0 Å². The van der Waals surface area contributed by atoms with E-state index in [4.69, 9.17) is 11.5 Å². The summed E-state index contributed by atoms with van der Waals surface area (Å²) in [5.74, 6) is -0.130. The molecule has 1 rings (SSSR count). The molecule has 0 aliphatic heterocycles. The maximum atomic E-state index is 11.8. The van der Waals surface area contributed by atoms with Crippen LogP contribution in [0.5, 0.6) is 0 Å². The lowest BCUT2D eigenvalue weighted by molar-refractivity contribution is -0.124. The van der Waals surface area contributed by atoms with E-state index in [1.165, 1.54) is 0 Å². The van der Waals surface area contributed by atoms with Crippen molar-refractivity contribution >= 4 is 11.6 Å². The number of anilines is 1. The molecule has 0 saturated carbocycles. The van der Waals surface area contributed by atoms with Crippen molar-refractivity contribution in [2.45, 2.75) is 33.4 Å². The van der Waals surface area contributed by atoms with Gasteiger partial charge in [-0.15, -0.1) is 0 Å². The number of nitrogen functional groups attached to an aromatic ring is 1. The first-order valence-electron chi connectivity index (χ1n) is 5.68. The van der Waals surface area contributed by atoms with Crippen LogP contribution < -0.4 is 16.8 Å². The zero-order valence-electron chi connectivity index (χ0n) is 10.7. The highest BCUT2D eigenvalue weighted by Gasteiger charge is 2.26. The number of benzene rings is 1. The highest BCUT2D eigenvalue weighted by molar-refractivity contribution is 5.82. The van der Waals surface area contributed by atoms with Gasteiger partial charge in [0.05, 0.1) is 6.04 Å². The largest absolute Gasteiger partial charge is 0.399 e. The molecule has 0 saturated heterocycles. The van der Waals surface area contributed by atoms with Crippen molar-refractivity contribution in [3.05, 3.63) is 29.8 Å². The highest BCUT2D eigenvalue weighted by atomic mass is 16.2. The lowest BCUT2D eigenvalue weighted by atomic mass is 9.87. The van der Waals surface area contributed by atoms with Crippen LogP contribution in [0.1, 0.15) is 26.3 Å². The number of hydrogen-bond acceptors (Lipinski definition) is 3. The van der Waals surface area contributed by atoms with Gasteiger partial charge in [-0.05, 0) is 23.1 Å². The van der Waals surface area contributed by atoms with E-state index >= 15 is 0 Å². The Morgan fingerprint density at radius 1 is 1.29 bits per heavy atom. The summed E-state index contributed by atoms with van der Waals surface area (Å²) in [6, 6.07) is 6.89. The average Bonchev–Trinajstić information content (AvgIpc) is 2.25. The van der Waals surface area contributed by atoms with Gasteiger partial charge in [0.1, 0.15) is 0 Å². The molecule has 0 aromatic heterocycles. The summed E-state index contributed by atoms with van der Waals surface area (Å²) in [5.41, 5.74) is 12.9. The number of rotatable bonds is 3. The monoisotopic (exact) mass is 235 g/mol. The molecule has 0 aliphatic carbocycles. The molecule has 5 N–H and O–H groups in total. The maximum Gasteiger partial charge on any atom is 0.237 e. The number of carbonyl (C=O) groups is 1. The van der Waals surface area contributed by atoms with E-state index in [1.54, 1.807) is 0 Å². The van der Waals surface area contributed by atoms with Crippen LogP contribution in [0.2, 0.25) is 0 Å². The predicted octanol–water partition coefficient (Wildman–Crippen LogP) is 1.26. The van der Waals surface area contributed by atoms with Gasteiger partial charge in [-0.2, -0.15) is 0 Å². The van der Waals surface area contributed by atoms with Crippen molar-refractivity contribution in [2.24, 2.45) is 11.1 Å². The Morgan fingerprint density at radius 2 is 1.82 bits per heavy atom. The first-order valence-corrected chi connectivity index (χ1v) is 5.68. The molecule has 0 bridgehead atoms. The summed E-state index contributed by atoms with van der Waals surface area (Å²) in [7, 11) is 0. The molecule has 1 aromatic carbocycles. The minimum absolute atomic E-state index is 0.130. The fourth-order valence-electron chi connectivity index (χ4n) is 1.33. The Hall–Kier alpha value is -1.55. The minimum atomic E-state index is -0.503. The zero-order chi connectivity index (χ0) is 13.1. The number of nitrogens with two attached hydrogens (primary N) is 2. The van der Waals surface area contributed by atoms with Crippen LogP contribution in [-0.2, 0) is 11.3 Å². The maximum absolute atomic E-state index is 11.8. The lowest BCUT2D eigenvalue weighted by Gasteiger charge is -2.25. The zero-order valence-corrected chi connectivity index (χ0v) is 10.7. The first-order chi connectivity index (χ1) is 7.80. The van der Waals surface area contributed by atoms with E-state index in [0.29, 0.717) is 12.2 Å². The van der Waals surface area contributed by atoms with Gasteiger partial charge in [0.25, 0.3) is 0 Å². The number of amides is 1. The molecule has 0 radical (unpaired) electrons. The second-order valence-electron chi connectivity index (χ2n) is 5.30. The van der Waals surface area contributed by atoms with Crippen LogP contribution in [0.3, 0.4) is 0 Å². The van der Waals surface area contributed by atoms with E-state index in [1.807, 2.05) is 45.0 Å². The number of nitrogens with one attached hydrogen (secondary N) is 1. The minimum Gasteiger partial charge on any atom is -0.399 e. The summed E-state index contributed by atoms with van der Waals surface area (Å²) < 4.78 is 0. The molecule has 0 aliphatic rings. The molecule has 4 nitrogen and oxygen atoms in total. The van der Waals surface area contributed by atoms with Gasteiger partial charge in [-0.25, -0.2) is 0 Å². The first kappa shape index (κ1) is 13.5. The van der Waals surface area contributed by atoms with E-state index < -0.39 is 6.04 Å². The molecule has 1 aromatic rings. The number of carbonyl (C=O) groups excluding carboxylic acids is 1. The van der Waals surface area contributed by atoms with Crippen LogP contribution in [0.15, 0.2) is 24.3 Å². The molecular formula is C13H21N3O. The van der Waals surface area contributed by atoms with E-state index in [2.05, 4.69) is 5.32 Å². The summed E-state index contributed by atoms with van der Waals surface area (Å²) in [5, 5.41) is 2.82. The van der Waals surface area contributed by atoms with Gasteiger partial charge in [0, 0.05) is 12.2 Å². The van der Waals surface area contributed by atoms with Crippen LogP contribution in [0.25, 0.3) is 0 Å². The Kier molecular flexibility index (Phi) is 4.12. The Balaban J connectivity index is 2.51. The molecule has 4 heteroatoms. The topological polar surface area (TPSA) is 81.1 Å². The lowest BCUT2D eigenvalue weighted by Crippen LogP contribution is -2.48.